The molecule has 0 amide bonds. The summed E-state index contributed by atoms with van der Waals surface area (Å²) < 4.78 is 0. The third kappa shape index (κ3) is 2.58. The number of rotatable bonds is 3. The average Bonchev–Trinajstić information content (AvgIpc) is 3.06. The van der Waals surface area contributed by atoms with Crippen molar-refractivity contribution < 1.29 is 10.2 Å². The molecule has 0 saturated heterocycles. The van der Waals surface area contributed by atoms with E-state index in [2.05, 4.69) is 10.2 Å². The highest BCUT2D eigenvalue weighted by molar-refractivity contribution is 5.73. The monoisotopic (exact) mass is 345 g/mol. The molecule has 4 aromatic rings. The summed E-state index contributed by atoms with van der Waals surface area (Å²) in [7, 11) is 0. The van der Waals surface area contributed by atoms with Gasteiger partial charge in [0.15, 0.2) is 0 Å². The van der Waals surface area contributed by atoms with Crippen molar-refractivity contribution >= 4 is 11.0 Å². The van der Waals surface area contributed by atoms with Gasteiger partial charge in [0.05, 0.1) is 0 Å². The summed E-state index contributed by atoms with van der Waals surface area (Å²) in [6.07, 6.45) is 0. The predicted molar refractivity (Wildman–Crippen MR) is 101 cm³/mol. The van der Waals surface area contributed by atoms with Crippen LogP contribution in [0.1, 0.15) is 25.0 Å². The van der Waals surface area contributed by atoms with E-state index in [-0.39, 0.29) is 11.5 Å². The summed E-state index contributed by atoms with van der Waals surface area (Å²) in [5, 5.41) is 29.7. The smallest absolute Gasteiger partial charge is 0.146 e. The highest BCUT2D eigenvalue weighted by Crippen LogP contribution is 2.40. The van der Waals surface area contributed by atoms with Crippen LogP contribution in [-0.4, -0.2) is 25.2 Å². The second kappa shape index (κ2) is 5.88. The molecule has 0 aliphatic heterocycles. The molecule has 3 aromatic carbocycles. The van der Waals surface area contributed by atoms with Crippen molar-refractivity contribution in [2.75, 3.05) is 0 Å². The quantitative estimate of drug-likeness (QED) is 0.585. The predicted octanol–water partition coefficient (Wildman–Crippen LogP) is 4.16. The van der Waals surface area contributed by atoms with Crippen LogP contribution in [-0.2, 0) is 5.41 Å². The van der Waals surface area contributed by atoms with Crippen LogP contribution < -0.4 is 0 Å². The normalized spacial score (nSPS) is 11.8. The van der Waals surface area contributed by atoms with Crippen LogP contribution in [0.25, 0.3) is 16.7 Å². The molecule has 0 bridgehead atoms. The first-order valence-electron chi connectivity index (χ1n) is 8.41. The van der Waals surface area contributed by atoms with E-state index < -0.39 is 5.41 Å². The molecule has 0 atom stereocenters. The Labute approximate surface area is 151 Å². The number of nitrogens with zero attached hydrogens (tertiary/aromatic N) is 3. The highest BCUT2D eigenvalue weighted by Gasteiger charge is 2.28. The lowest BCUT2D eigenvalue weighted by Gasteiger charge is -2.27. The van der Waals surface area contributed by atoms with E-state index in [9.17, 15) is 10.2 Å². The number of fused-ring (bicyclic) bond motifs is 1. The van der Waals surface area contributed by atoms with Crippen molar-refractivity contribution in [2.45, 2.75) is 19.3 Å². The maximum absolute atomic E-state index is 10.5. The fourth-order valence-electron chi connectivity index (χ4n) is 3.20. The summed E-state index contributed by atoms with van der Waals surface area (Å²) in [6, 6.07) is 20.5. The zero-order chi connectivity index (χ0) is 18.3. The molecule has 130 valence electrons. The number of phenols is 2. The fourth-order valence-corrected chi connectivity index (χ4v) is 3.20. The Morgan fingerprint density at radius 3 is 1.96 bits per heavy atom. The zero-order valence-corrected chi connectivity index (χ0v) is 14.6. The van der Waals surface area contributed by atoms with Crippen molar-refractivity contribution in [3.05, 3.63) is 77.9 Å². The average molecular weight is 345 g/mol. The van der Waals surface area contributed by atoms with Gasteiger partial charge in [-0.1, -0.05) is 56.3 Å². The Balaban J connectivity index is 1.89. The van der Waals surface area contributed by atoms with E-state index in [1.165, 1.54) is 10.9 Å². The number of hydrogen-bond acceptors (Lipinski definition) is 4. The van der Waals surface area contributed by atoms with Crippen molar-refractivity contribution in [2.24, 2.45) is 0 Å². The van der Waals surface area contributed by atoms with Gasteiger partial charge in [-0.3, -0.25) is 0 Å². The molecule has 0 unspecified atom stereocenters. The molecule has 5 heteroatoms. The molecule has 0 radical (unpaired) electrons. The third-order valence-corrected chi connectivity index (χ3v) is 4.76. The second-order valence-electron chi connectivity index (χ2n) is 6.83. The van der Waals surface area contributed by atoms with Gasteiger partial charge in [-0.15, -0.1) is 15.0 Å². The molecule has 0 fully saturated rings. The molecular weight excluding hydrogens is 326 g/mol. The van der Waals surface area contributed by atoms with Crippen LogP contribution in [0.4, 0.5) is 0 Å². The van der Waals surface area contributed by atoms with Crippen molar-refractivity contribution in [1.29, 1.82) is 0 Å². The molecule has 2 N–H and O–H groups in total. The Kier molecular flexibility index (Phi) is 3.65. The zero-order valence-electron chi connectivity index (χ0n) is 14.6. The highest BCUT2D eigenvalue weighted by atomic mass is 16.3. The van der Waals surface area contributed by atoms with Gasteiger partial charge >= 0.3 is 0 Å². The molecular formula is C21H19N3O2. The number of phenolic OH excluding ortho intramolecular Hbond substituents is 2. The topological polar surface area (TPSA) is 71.2 Å². The lowest BCUT2D eigenvalue weighted by Crippen LogP contribution is -2.19. The van der Waals surface area contributed by atoms with Crippen LogP contribution in [0.2, 0.25) is 0 Å². The fraction of sp³-hybridized carbons (Fsp3) is 0.143. The van der Waals surface area contributed by atoms with Crippen molar-refractivity contribution in [1.82, 2.24) is 15.0 Å². The van der Waals surface area contributed by atoms with Crippen LogP contribution >= 0.6 is 0 Å². The lowest BCUT2D eigenvalue weighted by molar-refractivity contribution is 0.432. The summed E-state index contributed by atoms with van der Waals surface area (Å²) in [5.74, 6) is -0.0350. The molecule has 0 aliphatic rings. The first-order valence-corrected chi connectivity index (χ1v) is 8.41. The van der Waals surface area contributed by atoms with E-state index >= 15 is 0 Å². The first kappa shape index (κ1) is 16.1. The third-order valence-electron chi connectivity index (χ3n) is 4.76. The summed E-state index contributed by atoms with van der Waals surface area (Å²) >= 11 is 0. The molecule has 5 nitrogen and oxygen atoms in total. The van der Waals surface area contributed by atoms with E-state index in [4.69, 9.17) is 0 Å². The Morgan fingerprint density at radius 2 is 1.35 bits per heavy atom. The van der Waals surface area contributed by atoms with Crippen LogP contribution in [0.3, 0.4) is 0 Å². The maximum atomic E-state index is 10.5. The van der Waals surface area contributed by atoms with E-state index in [0.29, 0.717) is 11.3 Å². The standard InChI is InChI=1S/C21H19N3O2/c1-21(2,14-8-4-3-5-9-14)15-12-18(20(26)13-19(15)25)24-22-16-10-6-7-11-17(16)23-24/h3-13,25-26H,1-2H3. The minimum atomic E-state index is -0.458. The molecule has 1 aromatic heterocycles. The molecule has 4 rings (SSSR count). The van der Waals surface area contributed by atoms with Gasteiger partial charge < -0.3 is 10.2 Å². The number of benzene rings is 3. The number of hydrogen-bond donors (Lipinski definition) is 2. The van der Waals surface area contributed by atoms with Gasteiger partial charge in [-0.2, -0.15) is 0 Å². The maximum Gasteiger partial charge on any atom is 0.146 e. The first-order chi connectivity index (χ1) is 12.5. The van der Waals surface area contributed by atoms with Gasteiger partial charge in [-0.25, -0.2) is 0 Å². The van der Waals surface area contributed by atoms with E-state index in [0.717, 1.165) is 16.6 Å². The molecule has 0 aliphatic carbocycles. The largest absolute Gasteiger partial charge is 0.507 e. The SMILES string of the molecule is CC(C)(c1ccccc1)c1cc(-n2nc3ccccc3n2)c(O)cc1O. The van der Waals surface area contributed by atoms with Crippen LogP contribution in [0.5, 0.6) is 11.5 Å². The van der Waals surface area contributed by atoms with Gasteiger partial charge in [0.1, 0.15) is 28.2 Å². The van der Waals surface area contributed by atoms with E-state index in [1.807, 2.05) is 68.4 Å². The van der Waals surface area contributed by atoms with Gasteiger partial charge in [0.25, 0.3) is 0 Å². The molecule has 0 saturated carbocycles. The summed E-state index contributed by atoms with van der Waals surface area (Å²) in [5.41, 5.74) is 3.20. The Morgan fingerprint density at radius 1 is 0.769 bits per heavy atom. The van der Waals surface area contributed by atoms with Gasteiger partial charge in [0, 0.05) is 17.0 Å². The van der Waals surface area contributed by atoms with Crippen LogP contribution in [0.15, 0.2) is 66.7 Å². The van der Waals surface area contributed by atoms with Crippen LogP contribution in [0, 0.1) is 0 Å². The Bertz CT molecular complexity index is 1050. The van der Waals surface area contributed by atoms with Gasteiger partial charge in [0.2, 0.25) is 0 Å². The molecule has 26 heavy (non-hydrogen) atoms. The number of aromatic hydroxyl groups is 2. The van der Waals surface area contributed by atoms with Gasteiger partial charge in [-0.05, 0) is 23.8 Å². The summed E-state index contributed by atoms with van der Waals surface area (Å²) in [4.78, 5) is 1.41. The van der Waals surface area contributed by atoms with Crippen molar-refractivity contribution in [3.63, 3.8) is 0 Å². The van der Waals surface area contributed by atoms with Crippen molar-refractivity contribution in [3.8, 4) is 17.2 Å². The minimum Gasteiger partial charge on any atom is -0.507 e. The lowest BCUT2D eigenvalue weighted by atomic mass is 9.77. The summed E-state index contributed by atoms with van der Waals surface area (Å²) in [6.45, 7) is 4.07. The Hall–Kier alpha value is -3.34. The van der Waals surface area contributed by atoms with E-state index in [1.54, 1.807) is 6.07 Å². The number of aromatic nitrogens is 3. The second-order valence-corrected chi connectivity index (χ2v) is 6.83. The minimum absolute atomic E-state index is 0.0387. The molecule has 1 heterocycles. The molecule has 0 spiro atoms.